The van der Waals surface area contributed by atoms with Crippen LogP contribution in [-0.2, 0) is 9.53 Å². The molecular weight excluding hydrogens is 244 g/mol. The van der Waals surface area contributed by atoms with Crippen molar-refractivity contribution >= 4 is 21.9 Å². The largest absolute Gasteiger partial charge is 0.463 e. The van der Waals surface area contributed by atoms with Crippen LogP contribution in [0.15, 0.2) is 11.6 Å². The van der Waals surface area contributed by atoms with E-state index in [2.05, 4.69) is 22.9 Å². The fourth-order valence-electron chi connectivity index (χ4n) is 1.09. The van der Waals surface area contributed by atoms with Gasteiger partial charge in [0.25, 0.3) is 0 Å². The monoisotopic (exact) mass is 262 g/mol. The normalized spacial score (nSPS) is 11.5. The van der Waals surface area contributed by atoms with E-state index < -0.39 is 0 Å². The SMILES string of the molecule is CCCCC=C(CCBr)C(=O)OCC. The molecule has 0 rings (SSSR count). The number of hydrogen-bond acceptors (Lipinski definition) is 2. The zero-order chi connectivity index (χ0) is 10.8. The second-order valence-corrected chi connectivity index (χ2v) is 3.82. The molecule has 82 valence electrons. The van der Waals surface area contributed by atoms with Crippen molar-refractivity contribution in [2.24, 2.45) is 0 Å². The highest BCUT2D eigenvalue weighted by Crippen LogP contribution is 2.09. The minimum Gasteiger partial charge on any atom is -0.463 e. The lowest BCUT2D eigenvalue weighted by Gasteiger charge is -2.04. The lowest BCUT2D eigenvalue weighted by Crippen LogP contribution is -2.08. The van der Waals surface area contributed by atoms with Gasteiger partial charge in [-0.2, -0.15) is 0 Å². The van der Waals surface area contributed by atoms with E-state index in [4.69, 9.17) is 4.74 Å². The van der Waals surface area contributed by atoms with Crippen LogP contribution in [0.4, 0.5) is 0 Å². The Bertz CT molecular complexity index is 188. The summed E-state index contributed by atoms with van der Waals surface area (Å²) in [5, 5.41) is 0.809. The zero-order valence-corrected chi connectivity index (χ0v) is 10.6. The molecule has 0 aromatic carbocycles. The molecule has 0 spiro atoms. The highest BCUT2D eigenvalue weighted by molar-refractivity contribution is 9.09. The number of ether oxygens (including phenoxy) is 1. The van der Waals surface area contributed by atoms with E-state index in [-0.39, 0.29) is 5.97 Å². The molecule has 0 saturated heterocycles. The van der Waals surface area contributed by atoms with Crippen LogP contribution in [0, 0.1) is 0 Å². The van der Waals surface area contributed by atoms with Crippen molar-refractivity contribution in [3.8, 4) is 0 Å². The number of allylic oxidation sites excluding steroid dienone is 1. The first-order valence-corrected chi connectivity index (χ1v) is 6.30. The molecule has 0 amide bonds. The third-order valence-corrected chi connectivity index (χ3v) is 2.25. The fourth-order valence-corrected chi connectivity index (χ4v) is 1.52. The van der Waals surface area contributed by atoms with Gasteiger partial charge in [-0.25, -0.2) is 4.79 Å². The van der Waals surface area contributed by atoms with Crippen LogP contribution in [0.5, 0.6) is 0 Å². The van der Waals surface area contributed by atoms with Crippen molar-refractivity contribution in [3.63, 3.8) is 0 Å². The Hall–Kier alpha value is -0.310. The summed E-state index contributed by atoms with van der Waals surface area (Å²) in [6, 6.07) is 0. The molecule has 14 heavy (non-hydrogen) atoms. The number of esters is 1. The van der Waals surface area contributed by atoms with Crippen LogP contribution in [0.1, 0.15) is 39.5 Å². The summed E-state index contributed by atoms with van der Waals surface area (Å²) in [5.41, 5.74) is 0.803. The first-order valence-electron chi connectivity index (χ1n) is 5.18. The van der Waals surface area contributed by atoms with Crippen LogP contribution < -0.4 is 0 Å². The van der Waals surface area contributed by atoms with Gasteiger partial charge in [-0.1, -0.05) is 41.8 Å². The van der Waals surface area contributed by atoms with Crippen molar-refractivity contribution in [1.29, 1.82) is 0 Å². The summed E-state index contributed by atoms with van der Waals surface area (Å²) in [6.07, 6.45) is 6.01. The van der Waals surface area contributed by atoms with Crippen LogP contribution in [-0.4, -0.2) is 17.9 Å². The Labute approximate surface area is 94.8 Å². The Morgan fingerprint density at radius 2 is 2.14 bits per heavy atom. The molecule has 0 aliphatic rings. The maximum Gasteiger partial charge on any atom is 0.333 e. The minimum atomic E-state index is -0.164. The molecule has 0 bridgehead atoms. The number of hydrogen-bond donors (Lipinski definition) is 0. The van der Waals surface area contributed by atoms with Crippen molar-refractivity contribution in [2.45, 2.75) is 39.5 Å². The molecule has 0 atom stereocenters. The van der Waals surface area contributed by atoms with Gasteiger partial charge in [-0.3, -0.25) is 0 Å². The lowest BCUT2D eigenvalue weighted by molar-refractivity contribution is -0.138. The maximum absolute atomic E-state index is 11.4. The molecule has 3 heteroatoms. The lowest BCUT2D eigenvalue weighted by atomic mass is 10.1. The molecule has 0 aromatic rings. The van der Waals surface area contributed by atoms with Gasteiger partial charge in [0.2, 0.25) is 0 Å². The summed E-state index contributed by atoms with van der Waals surface area (Å²) in [6.45, 7) is 4.42. The van der Waals surface area contributed by atoms with Crippen molar-refractivity contribution < 1.29 is 9.53 Å². The molecule has 2 nitrogen and oxygen atoms in total. The summed E-state index contributed by atoms with van der Waals surface area (Å²) < 4.78 is 4.96. The first kappa shape index (κ1) is 13.7. The van der Waals surface area contributed by atoms with Gasteiger partial charge in [-0.15, -0.1) is 0 Å². The quantitative estimate of drug-likeness (QED) is 0.304. The molecule has 0 saturated carbocycles. The van der Waals surface area contributed by atoms with Gasteiger partial charge < -0.3 is 4.74 Å². The molecule has 0 fully saturated rings. The zero-order valence-electron chi connectivity index (χ0n) is 9.01. The Morgan fingerprint density at radius 1 is 1.43 bits per heavy atom. The Kier molecular flexibility index (Phi) is 9.05. The second-order valence-electron chi connectivity index (χ2n) is 3.03. The predicted octanol–water partition coefficient (Wildman–Crippen LogP) is 3.45. The van der Waals surface area contributed by atoms with Crippen LogP contribution >= 0.6 is 15.9 Å². The first-order chi connectivity index (χ1) is 6.76. The highest BCUT2D eigenvalue weighted by atomic mass is 79.9. The summed E-state index contributed by atoms with van der Waals surface area (Å²) in [4.78, 5) is 11.4. The van der Waals surface area contributed by atoms with Gasteiger partial charge in [0.15, 0.2) is 0 Å². The summed E-state index contributed by atoms with van der Waals surface area (Å²) in [5.74, 6) is -0.164. The summed E-state index contributed by atoms with van der Waals surface area (Å²) >= 11 is 3.33. The molecular formula is C11H19BrO2. The third kappa shape index (κ3) is 6.19. The molecule has 0 aromatic heterocycles. The van der Waals surface area contributed by atoms with Crippen molar-refractivity contribution in [1.82, 2.24) is 0 Å². The molecule has 0 heterocycles. The molecule has 0 aliphatic heterocycles. The average molecular weight is 263 g/mol. The molecule has 0 radical (unpaired) electrons. The number of carbonyl (C=O) groups is 1. The van der Waals surface area contributed by atoms with E-state index in [0.717, 1.165) is 36.6 Å². The van der Waals surface area contributed by atoms with E-state index in [0.29, 0.717) is 6.61 Å². The molecule has 0 N–H and O–H groups in total. The Morgan fingerprint density at radius 3 is 2.64 bits per heavy atom. The van der Waals surface area contributed by atoms with Gasteiger partial charge in [-0.05, 0) is 19.8 Å². The van der Waals surface area contributed by atoms with E-state index in [1.54, 1.807) is 0 Å². The number of rotatable bonds is 7. The van der Waals surface area contributed by atoms with Crippen molar-refractivity contribution in [2.75, 3.05) is 11.9 Å². The molecule has 0 unspecified atom stereocenters. The second kappa shape index (κ2) is 9.25. The number of carbonyl (C=O) groups excluding carboxylic acids is 1. The number of alkyl halides is 1. The standard InChI is InChI=1S/C11H19BrO2/c1-3-5-6-7-10(8-9-12)11(13)14-4-2/h7H,3-6,8-9H2,1-2H3. The average Bonchev–Trinajstić information content (AvgIpc) is 2.17. The molecule has 0 aliphatic carbocycles. The van der Waals surface area contributed by atoms with Gasteiger partial charge in [0.1, 0.15) is 0 Å². The summed E-state index contributed by atoms with van der Waals surface area (Å²) in [7, 11) is 0. The third-order valence-electron chi connectivity index (χ3n) is 1.85. The highest BCUT2D eigenvalue weighted by Gasteiger charge is 2.08. The van der Waals surface area contributed by atoms with E-state index >= 15 is 0 Å². The fraction of sp³-hybridized carbons (Fsp3) is 0.727. The van der Waals surface area contributed by atoms with E-state index in [9.17, 15) is 4.79 Å². The Balaban J connectivity index is 4.11. The van der Waals surface area contributed by atoms with Crippen LogP contribution in [0.2, 0.25) is 0 Å². The topological polar surface area (TPSA) is 26.3 Å². The smallest absolute Gasteiger partial charge is 0.333 e. The van der Waals surface area contributed by atoms with Crippen LogP contribution in [0.25, 0.3) is 0 Å². The van der Waals surface area contributed by atoms with Gasteiger partial charge >= 0.3 is 5.97 Å². The van der Waals surface area contributed by atoms with E-state index in [1.165, 1.54) is 0 Å². The van der Waals surface area contributed by atoms with E-state index in [1.807, 2.05) is 13.0 Å². The van der Waals surface area contributed by atoms with Gasteiger partial charge in [0, 0.05) is 10.9 Å². The maximum atomic E-state index is 11.4. The van der Waals surface area contributed by atoms with Gasteiger partial charge in [0.05, 0.1) is 6.61 Å². The van der Waals surface area contributed by atoms with Crippen LogP contribution in [0.3, 0.4) is 0 Å². The predicted molar refractivity (Wildman–Crippen MR) is 62.7 cm³/mol. The number of halogens is 1. The minimum absolute atomic E-state index is 0.164. The van der Waals surface area contributed by atoms with Crippen molar-refractivity contribution in [3.05, 3.63) is 11.6 Å². The number of unbranched alkanes of at least 4 members (excludes halogenated alkanes) is 2.